The molecule has 6 heteroatoms. The van der Waals surface area contributed by atoms with Crippen molar-refractivity contribution in [2.24, 2.45) is 0 Å². The molecule has 1 amide bonds. The molecule has 1 N–H and O–H groups in total. The van der Waals surface area contributed by atoms with Crippen LogP contribution in [0.2, 0.25) is 0 Å². The van der Waals surface area contributed by atoms with Crippen LogP contribution < -0.4 is 4.74 Å². The van der Waals surface area contributed by atoms with Gasteiger partial charge in [-0.1, -0.05) is 30.3 Å². The summed E-state index contributed by atoms with van der Waals surface area (Å²) < 4.78 is 11.3. The number of rotatable bonds is 9. The Bertz CT molecular complexity index is 1050. The minimum atomic E-state index is -0.563. The topological polar surface area (TPSA) is 71.9 Å². The zero-order valence-electron chi connectivity index (χ0n) is 19.2. The highest BCUT2D eigenvalue weighted by molar-refractivity contribution is 5.84. The first-order valence-electron chi connectivity index (χ1n) is 11.7. The summed E-state index contributed by atoms with van der Waals surface area (Å²) in [6.07, 6.45) is 5.32. The van der Waals surface area contributed by atoms with Crippen molar-refractivity contribution >= 4 is 16.7 Å². The van der Waals surface area contributed by atoms with Crippen molar-refractivity contribution in [1.82, 2.24) is 9.88 Å². The minimum absolute atomic E-state index is 0.193. The van der Waals surface area contributed by atoms with Gasteiger partial charge in [-0.3, -0.25) is 9.78 Å². The van der Waals surface area contributed by atoms with Crippen LogP contribution >= 0.6 is 0 Å². The standard InChI is InChI=1S/C27H32N2O4/c1-20(26(30)10-5-22-3-2-12-28-19-22)33-25-9-8-23-17-21(4-7-24(23)18-25)6-11-27(31)29-13-15-32-16-14-29/h2-4,7-9,12,17-20,26,30H,5-6,10-11,13-16H2,1H3/t20-,26+/m0/s1. The summed E-state index contributed by atoms with van der Waals surface area (Å²) in [6, 6.07) is 16.2. The van der Waals surface area contributed by atoms with Crippen molar-refractivity contribution in [3.63, 3.8) is 0 Å². The molecular formula is C27H32N2O4. The van der Waals surface area contributed by atoms with Crippen LogP contribution in [-0.4, -0.2) is 59.4 Å². The summed E-state index contributed by atoms with van der Waals surface area (Å²) in [6.45, 7) is 4.54. The van der Waals surface area contributed by atoms with Crippen molar-refractivity contribution < 1.29 is 19.4 Å². The van der Waals surface area contributed by atoms with Crippen LogP contribution in [0.25, 0.3) is 10.8 Å². The fourth-order valence-corrected chi connectivity index (χ4v) is 4.11. The van der Waals surface area contributed by atoms with E-state index in [-0.39, 0.29) is 12.0 Å². The van der Waals surface area contributed by atoms with E-state index in [2.05, 4.69) is 23.2 Å². The quantitative estimate of drug-likeness (QED) is 0.539. The number of carbonyl (C=O) groups is 1. The molecule has 4 rings (SSSR count). The molecule has 1 saturated heterocycles. The molecule has 0 unspecified atom stereocenters. The third kappa shape index (κ3) is 6.53. The monoisotopic (exact) mass is 448 g/mol. The molecular weight excluding hydrogens is 416 g/mol. The maximum atomic E-state index is 12.4. The summed E-state index contributed by atoms with van der Waals surface area (Å²) in [4.78, 5) is 18.4. The molecule has 0 spiro atoms. The first-order chi connectivity index (χ1) is 16.1. The number of carbonyl (C=O) groups excluding carboxylic acids is 1. The molecule has 1 aliphatic rings. The van der Waals surface area contributed by atoms with Crippen molar-refractivity contribution in [2.45, 2.75) is 44.8 Å². The SMILES string of the molecule is C[C@H](Oc1ccc2cc(CCC(=O)N3CCOCC3)ccc2c1)[C@H](O)CCc1cccnc1. The van der Waals surface area contributed by atoms with Crippen molar-refractivity contribution in [3.05, 3.63) is 72.1 Å². The maximum Gasteiger partial charge on any atom is 0.223 e. The van der Waals surface area contributed by atoms with E-state index >= 15 is 0 Å². The average Bonchev–Trinajstić information content (AvgIpc) is 2.86. The van der Waals surface area contributed by atoms with Gasteiger partial charge < -0.3 is 19.5 Å². The molecule has 2 aromatic carbocycles. The van der Waals surface area contributed by atoms with E-state index in [1.807, 2.05) is 48.4 Å². The number of aryl methyl sites for hydroxylation is 2. The van der Waals surface area contributed by atoms with Crippen molar-refractivity contribution in [2.75, 3.05) is 26.3 Å². The Kier molecular flexibility index (Phi) is 7.92. The Balaban J connectivity index is 1.30. The third-order valence-corrected chi connectivity index (χ3v) is 6.18. The summed E-state index contributed by atoms with van der Waals surface area (Å²) in [5.41, 5.74) is 2.26. The third-order valence-electron chi connectivity index (χ3n) is 6.18. The predicted molar refractivity (Wildman–Crippen MR) is 128 cm³/mol. The van der Waals surface area contributed by atoms with E-state index in [1.54, 1.807) is 6.20 Å². The van der Waals surface area contributed by atoms with E-state index in [0.29, 0.717) is 39.1 Å². The van der Waals surface area contributed by atoms with Gasteiger partial charge in [-0.15, -0.1) is 0 Å². The number of amides is 1. The number of aromatic nitrogens is 1. The number of fused-ring (bicyclic) bond motifs is 1. The number of ether oxygens (including phenoxy) is 2. The number of nitrogens with zero attached hydrogens (tertiary/aromatic N) is 2. The Morgan fingerprint density at radius 1 is 1.09 bits per heavy atom. The lowest BCUT2D eigenvalue weighted by molar-refractivity contribution is -0.135. The summed E-state index contributed by atoms with van der Waals surface area (Å²) in [5, 5.41) is 12.7. The highest BCUT2D eigenvalue weighted by atomic mass is 16.5. The lowest BCUT2D eigenvalue weighted by atomic mass is 10.0. The van der Waals surface area contributed by atoms with Crippen LogP contribution in [-0.2, 0) is 22.4 Å². The van der Waals surface area contributed by atoms with Crippen LogP contribution in [0.1, 0.15) is 30.9 Å². The molecule has 0 aliphatic carbocycles. The van der Waals surface area contributed by atoms with E-state index < -0.39 is 6.10 Å². The molecule has 0 bridgehead atoms. The highest BCUT2D eigenvalue weighted by Crippen LogP contribution is 2.24. The van der Waals surface area contributed by atoms with E-state index in [0.717, 1.165) is 40.5 Å². The van der Waals surface area contributed by atoms with E-state index in [1.165, 1.54) is 0 Å². The fraction of sp³-hybridized carbons (Fsp3) is 0.407. The molecule has 174 valence electrons. The number of aliphatic hydroxyl groups is 1. The first kappa shape index (κ1) is 23.2. The second-order valence-corrected chi connectivity index (χ2v) is 8.63. The van der Waals surface area contributed by atoms with Crippen molar-refractivity contribution in [1.29, 1.82) is 0 Å². The van der Waals surface area contributed by atoms with Crippen LogP contribution in [0.15, 0.2) is 60.9 Å². The number of aliphatic hydroxyl groups excluding tert-OH is 1. The van der Waals surface area contributed by atoms with Gasteiger partial charge in [0, 0.05) is 31.9 Å². The lowest BCUT2D eigenvalue weighted by Crippen LogP contribution is -2.40. The Morgan fingerprint density at radius 2 is 1.88 bits per heavy atom. The zero-order chi connectivity index (χ0) is 23.0. The van der Waals surface area contributed by atoms with E-state index in [4.69, 9.17) is 9.47 Å². The number of hydrogen-bond donors (Lipinski definition) is 1. The minimum Gasteiger partial charge on any atom is -0.488 e. The fourth-order valence-electron chi connectivity index (χ4n) is 4.11. The van der Waals surface area contributed by atoms with Crippen molar-refractivity contribution in [3.8, 4) is 5.75 Å². The Hall–Kier alpha value is -2.96. The Labute approximate surface area is 195 Å². The number of pyridine rings is 1. The lowest BCUT2D eigenvalue weighted by Gasteiger charge is -2.26. The Morgan fingerprint density at radius 3 is 2.67 bits per heavy atom. The van der Waals surface area contributed by atoms with Crippen LogP contribution in [0, 0.1) is 0 Å². The van der Waals surface area contributed by atoms with Gasteiger partial charge in [0.05, 0.1) is 19.3 Å². The molecule has 0 saturated carbocycles. The van der Waals surface area contributed by atoms with Crippen LogP contribution in [0.5, 0.6) is 5.75 Å². The second-order valence-electron chi connectivity index (χ2n) is 8.63. The van der Waals surface area contributed by atoms with Gasteiger partial charge in [-0.05, 0) is 66.3 Å². The van der Waals surface area contributed by atoms with Gasteiger partial charge in [-0.2, -0.15) is 0 Å². The zero-order valence-corrected chi connectivity index (χ0v) is 19.2. The molecule has 33 heavy (non-hydrogen) atoms. The smallest absolute Gasteiger partial charge is 0.223 e. The molecule has 0 radical (unpaired) electrons. The summed E-state index contributed by atoms with van der Waals surface area (Å²) in [7, 11) is 0. The molecule has 2 heterocycles. The van der Waals surface area contributed by atoms with Gasteiger partial charge in [0.2, 0.25) is 5.91 Å². The molecule has 1 aromatic heterocycles. The maximum absolute atomic E-state index is 12.4. The van der Waals surface area contributed by atoms with Gasteiger partial charge >= 0.3 is 0 Å². The normalized spacial score (nSPS) is 15.9. The van der Waals surface area contributed by atoms with Gasteiger partial charge in [0.1, 0.15) is 11.9 Å². The number of morpholine rings is 1. The van der Waals surface area contributed by atoms with Gasteiger partial charge in [-0.25, -0.2) is 0 Å². The molecule has 6 nitrogen and oxygen atoms in total. The van der Waals surface area contributed by atoms with Gasteiger partial charge in [0.25, 0.3) is 0 Å². The number of benzene rings is 2. The molecule has 1 fully saturated rings. The molecule has 3 aromatic rings. The van der Waals surface area contributed by atoms with Crippen LogP contribution in [0.3, 0.4) is 0 Å². The predicted octanol–water partition coefficient (Wildman–Crippen LogP) is 3.79. The largest absolute Gasteiger partial charge is 0.488 e. The molecule has 2 atom stereocenters. The first-order valence-corrected chi connectivity index (χ1v) is 11.7. The highest BCUT2D eigenvalue weighted by Gasteiger charge is 2.17. The van der Waals surface area contributed by atoms with Gasteiger partial charge in [0.15, 0.2) is 0 Å². The van der Waals surface area contributed by atoms with Crippen LogP contribution in [0.4, 0.5) is 0 Å². The summed E-state index contributed by atoms with van der Waals surface area (Å²) in [5.74, 6) is 0.934. The second kappa shape index (κ2) is 11.3. The average molecular weight is 449 g/mol. The number of hydrogen-bond acceptors (Lipinski definition) is 5. The molecule has 1 aliphatic heterocycles. The van der Waals surface area contributed by atoms with E-state index in [9.17, 15) is 9.90 Å². The summed E-state index contributed by atoms with van der Waals surface area (Å²) >= 11 is 0.